The van der Waals surface area contributed by atoms with Gasteiger partial charge in [-0.05, 0) is 31.0 Å². The molecule has 1 aliphatic carbocycles. The lowest BCUT2D eigenvalue weighted by Gasteiger charge is -2.35. The van der Waals surface area contributed by atoms with Crippen LogP contribution in [0.5, 0.6) is 0 Å². The molecule has 4 rings (SSSR count). The van der Waals surface area contributed by atoms with Gasteiger partial charge in [0.15, 0.2) is 0 Å². The molecule has 3 aliphatic rings. The Morgan fingerprint density at radius 3 is 2.06 bits per heavy atom. The molecule has 2 aliphatic heterocycles. The zero-order valence-electron chi connectivity index (χ0n) is 16.6. The summed E-state index contributed by atoms with van der Waals surface area (Å²) in [4.78, 5) is 27.8. The molecule has 2 fully saturated rings. The second kappa shape index (κ2) is 8.03. The van der Waals surface area contributed by atoms with E-state index in [1.807, 2.05) is 17.1 Å². The summed E-state index contributed by atoms with van der Waals surface area (Å²) in [5.74, 6) is -1.03. The van der Waals surface area contributed by atoms with E-state index >= 15 is 0 Å². The quantitative estimate of drug-likeness (QED) is 0.510. The fourth-order valence-electron chi connectivity index (χ4n) is 4.30. The van der Waals surface area contributed by atoms with E-state index in [-0.39, 0.29) is 56.5 Å². The predicted molar refractivity (Wildman–Crippen MR) is 104 cm³/mol. The van der Waals surface area contributed by atoms with Crippen LogP contribution in [0.1, 0.15) is 18.4 Å². The van der Waals surface area contributed by atoms with Gasteiger partial charge in [-0.25, -0.2) is 8.42 Å². The van der Waals surface area contributed by atoms with Gasteiger partial charge in [-0.2, -0.15) is 17.5 Å². The lowest BCUT2D eigenvalue weighted by atomic mass is 9.85. The third-order valence-electron chi connectivity index (χ3n) is 6.07. The number of benzene rings is 1. The number of imide groups is 1. The maximum Gasteiger partial charge on any atom is 0.416 e. The molecule has 0 spiro atoms. The molecule has 0 N–H and O–H groups in total. The second-order valence-electron chi connectivity index (χ2n) is 7.95. The van der Waals surface area contributed by atoms with Crippen LogP contribution in [0.3, 0.4) is 0 Å². The predicted octanol–water partition coefficient (Wildman–Crippen LogP) is 1.92. The van der Waals surface area contributed by atoms with E-state index in [9.17, 15) is 31.2 Å². The second-order valence-corrected chi connectivity index (χ2v) is 9.89. The first-order valence-corrected chi connectivity index (χ1v) is 11.4. The van der Waals surface area contributed by atoms with Crippen molar-refractivity contribution in [2.24, 2.45) is 11.8 Å². The van der Waals surface area contributed by atoms with Crippen molar-refractivity contribution in [2.75, 3.05) is 32.8 Å². The highest BCUT2D eigenvalue weighted by atomic mass is 32.2. The van der Waals surface area contributed by atoms with Crippen molar-refractivity contribution in [3.8, 4) is 0 Å². The number of amides is 2. The van der Waals surface area contributed by atoms with Crippen molar-refractivity contribution in [3.05, 3.63) is 42.0 Å². The number of sulfonamides is 1. The number of carbonyl (C=O) groups is 2. The first-order valence-electron chi connectivity index (χ1n) is 9.99. The molecule has 31 heavy (non-hydrogen) atoms. The molecule has 168 valence electrons. The van der Waals surface area contributed by atoms with Crippen molar-refractivity contribution < 1.29 is 31.2 Å². The Bertz CT molecular complexity index is 991. The molecule has 7 nitrogen and oxygen atoms in total. The van der Waals surface area contributed by atoms with Crippen LogP contribution in [0.2, 0.25) is 0 Å². The SMILES string of the molecule is O=C1[C@@H]2CC=CC[C@H]2C(=O)N1CN1CCN(S(=O)(=O)c2cccc(C(F)(F)F)c2)CC1. The van der Waals surface area contributed by atoms with Crippen LogP contribution in [-0.2, 0) is 25.8 Å². The summed E-state index contributed by atoms with van der Waals surface area (Å²) in [6, 6.07) is 3.69. The molecule has 2 amide bonds. The fourth-order valence-corrected chi connectivity index (χ4v) is 5.77. The minimum absolute atomic E-state index is 0.0587. The molecule has 11 heteroatoms. The van der Waals surface area contributed by atoms with E-state index in [0.717, 1.165) is 22.5 Å². The van der Waals surface area contributed by atoms with E-state index in [1.54, 1.807) is 0 Å². The summed E-state index contributed by atoms with van der Waals surface area (Å²) in [5.41, 5.74) is -1.02. The number of fused-ring (bicyclic) bond motifs is 1. The number of nitrogens with zero attached hydrogens (tertiary/aromatic N) is 3. The number of halogens is 3. The van der Waals surface area contributed by atoms with Gasteiger partial charge in [0, 0.05) is 26.2 Å². The molecular formula is C20H22F3N3O4S. The van der Waals surface area contributed by atoms with Gasteiger partial charge in [0.05, 0.1) is 29.0 Å². The maximum absolute atomic E-state index is 12.9. The summed E-state index contributed by atoms with van der Waals surface area (Å²) in [6.45, 7) is 0.750. The molecule has 2 saturated heterocycles. The number of alkyl halides is 3. The summed E-state index contributed by atoms with van der Waals surface area (Å²) in [6.07, 6.45) is 0.287. The molecule has 0 aromatic heterocycles. The van der Waals surface area contributed by atoms with Gasteiger partial charge in [-0.15, -0.1) is 0 Å². The highest BCUT2D eigenvalue weighted by Crippen LogP contribution is 2.35. The minimum atomic E-state index is -4.63. The van der Waals surface area contributed by atoms with Gasteiger partial charge in [0.1, 0.15) is 0 Å². The smallest absolute Gasteiger partial charge is 0.283 e. The van der Waals surface area contributed by atoms with Crippen LogP contribution in [0.15, 0.2) is 41.3 Å². The molecule has 0 saturated carbocycles. The minimum Gasteiger partial charge on any atom is -0.283 e. The largest absolute Gasteiger partial charge is 0.416 e. The number of allylic oxidation sites excluding steroid dienone is 2. The number of carbonyl (C=O) groups excluding carboxylic acids is 2. The standard InChI is InChI=1S/C20H22F3N3O4S/c21-20(22,23)14-4-3-5-15(12-14)31(29,30)25-10-8-24(9-11-25)13-26-18(27)16-6-1-2-7-17(16)19(26)28/h1-5,12,16-17H,6-11,13H2/t16-,17-/m1/s1. The number of hydrogen-bond acceptors (Lipinski definition) is 5. The highest BCUT2D eigenvalue weighted by Gasteiger charge is 2.47. The van der Waals surface area contributed by atoms with Gasteiger partial charge in [0.2, 0.25) is 21.8 Å². The van der Waals surface area contributed by atoms with Gasteiger partial charge in [-0.1, -0.05) is 18.2 Å². The van der Waals surface area contributed by atoms with E-state index in [0.29, 0.717) is 18.9 Å². The summed E-state index contributed by atoms with van der Waals surface area (Å²) in [7, 11) is -4.08. The molecule has 0 unspecified atom stereocenters. The summed E-state index contributed by atoms with van der Waals surface area (Å²) in [5, 5.41) is 0. The Morgan fingerprint density at radius 2 is 1.52 bits per heavy atom. The van der Waals surface area contributed by atoms with Gasteiger partial charge < -0.3 is 0 Å². The van der Waals surface area contributed by atoms with Crippen LogP contribution >= 0.6 is 0 Å². The topological polar surface area (TPSA) is 78.0 Å². The zero-order valence-corrected chi connectivity index (χ0v) is 17.4. The van der Waals surface area contributed by atoms with Crippen LogP contribution < -0.4 is 0 Å². The third kappa shape index (κ3) is 4.13. The average Bonchev–Trinajstić information content (AvgIpc) is 2.99. The van der Waals surface area contributed by atoms with Crippen molar-refractivity contribution in [3.63, 3.8) is 0 Å². The van der Waals surface area contributed by atoms with Crippen molar-refractivity contribution >= 4 is 21.8 Å². The zero-order chi connectivity index (χ0) is 22.4. The van der Waals surface area contributed by atoms with Crippen molar-refractivity contribution in [2.45, 2.75) is 23.9 Å². The molecular weight excluding hydrogens is 435 g/mol. The first kappa shape index (κ1) is 22.0. The molecule has 2 heterocycles. The number of piperazine rings is 1. The third-order valence-corrected chi connectivity index (χ3v) is 7.97. The van der Waals surface area contributed by atoms with Crippen LogP contribution in [0, 0.1) is 11.8 Å². The normalized spacial score (nSPS) is 25.8. The van der Waals surface area contributed by atoms with Gasteiger partial charge >= 0.3 is 6.18 Å². The van der Waals surface area contributed by atoms with E-state index in [2.05, 4.69) is 0 Å². The lowest BCUT2D eigenvalue weighted by Crippen LogP contribution is -2.52. The molecule has 0 bridgehead atoms. The van der Waals surface area contributed by atoms with Crippen molar-refractivity contribution in [1.29, 1.82) is 0 Å². The van der Waals surface area contributed by atoms with Gasteiger partial charge in [-0.3, -0.25) is 19.4 Å². The van der Waals surface area contributed by atoms with Gasteiger partial charge in [0.25, 0.3) is 0 Å². The number of hydrogen-bond donors (Lipinski definition) is 0. The molecule has 1 aromatic rings. The Labute approximate surface area is 178 Å². The molecule has 2 atom stereocenters. The number of rotatable bonds is 4. The Balaban J connectivity index is 1.40. The van der Waals surface area contributed by atoms with Crippen LogP contribution in [-0.4, -0.2) is 67.2 Å². The fraction of sp³-hybridized carbons (Fsp3) is 0.500. The first-order chi connectivity index (χ1) is 14.6. The van der Waals surface area contributed by atoms with Crippen LogP contribution in [0.4, 0.5) is 13.2 Å². The van der Waals surface area contributed by atoms with Crippen LogP contribution in [0.25, 0.3) is 0 Å². The van der Waals surface area contributed by atoms with Crippen molar-refractivity contribution in [1.82, 2.24) is 14.1 Å². The van der Waals surface area contributed by atoms with E-state index < -0.39 is 26.7 Å². The average molecular weight is 457 g/mol. The Hall–Kier alpha value is -2.24. The Kier molecular flexibility index (Phi) is 5.69. The summed E-state index contributed by atoms with van der Waals surface area (Å²) >= 11 is 0. The Morgan fingerprint density at radius 1 is 0.935 bits per heavy atom. The highest BCUT2D eigenvalue weighted by molar-refractivity contribution is 7.89. The number of likely N-dealkylation sites (tertiary alicyclic amines) is 1. The maximum atomic E-state index is 12.9. The monoisotopic (exact) mass is 457 g/mol. The van der Waals surface area contributed by atoms with E-state index in [1.165, 1.54) is 4.90 Å². The molecule has 0 radical (unpaired) electrons. The van der Waals surface area contributed by atoms with E-state index in [4.69, 9.17) is 0 Å². The molecule has 1 aromatic carbocycles. The summed E-state index contributed by atoms with van der Waals surface area (Å²) < 4.78 is 65.6. The lowest BCUT2D eigenvalue weighted by molar-refractivity contribution is -0.143.